The number of piperazine rings is 1. The Labute approximate surface area is 177 Å². The van der Waals surface area contributed by atoms with Crippen LogP contribution in [0.1, 0.15) is 0 Å². The lowest BCUT2D eigenvalue weighted by molar-refractivity contribution is -0.119. The third-order valence-corrected chi connectivity index (χ3v) is 5.18. The molecule has 0 aromatic heterocycles. The number of para-hydroxylation sites is 1. The molecule has 0 radical (unpaired) electrons. The number of amides is 3. The Kier molecular flexibility index (Phi) is 7.13. The van der Waals surface area contributed by atoms with Gasteiger partial charge in [0.2, 0.25) is 5.91 Å². The predicted octanol–water partition coefficient (Wildman–Crippen LogP) is 2.52. The van der Waals surface area contributed by atoms with Gasteiger partial charge in [-0.3, -0.25) is 9.69 Å². The lowest BCUT2D eigenvalue weighted by atomic mass is 10.2. The van der Waals surface area contributed by atoms with Gasteiger partial charge in [-0.15, -0.1) is 0 Å². The van der Waals surface area contributed by atoms with Gasteiger partial charge in [0, 0.05) is 45.0 Å². The number of benzene rings is 2. The number of nitrogens with one attached hydrogen (secondary N) is 1. The van der Waals surface area contributed by atoms with E-state index in [-0.39, 0.29) is 11.9 Å². The molecule has 0 unspecified atom stereocenters. The first-order valence-corrected chi connectivity index (χ1v) is 9.83. The highest BCUT2D eigenvalue weighted by molar-refractivity contribution is 5.94. The summed E-state index contributed by atoms with van der Waals surface area (Å²) in [5, 5.41) is 2.89. The minimum Gasteiger partial charge on any atom is -0.497 e. The van der Waals surface area contributed by atoms with Crippen LogP contribution in [0.4, 0.5) is 16.2 Å². The molecule has 0 atom stereocenters. The van der Waals surface area contributed by atoms with Crippen LogP contribution in [0.25, 0.3) is 0 Å². The number of anilines is 2. The number of ether oxygens (including phenoxy) is 2. The SMILES string of the molecule is COc1ccc(OC)c(NC(=O)N2CCN(CC(=O)N(C)c3ccccc3)CC2)c1. The standard InChI is InChI=1S/C22H28N4O4/c1-24(17-7-5-4-6-8-17)21(27)16-25-11-13-26(14-12-25)22(28)23-19-15-18(29-2)9-10-20(19)30-3/h4-10,15H,11-14,16H2,1-3H3,(H,23,28). The molecule has 1 saturated heterocycles. The van der Waals surface area contributed by atoms with Crippen LogP contribution in [0.15, 0.2) is 48.5 Å². The van der Waals surface area contributed by atoms with E-state index in [9.17, 15) is 9.59 Å². The Morgan fingerprint density at radius 2 is 1.70 bits per heavy atom. The molecule has 0 bridgehead atoms. The highest BCUT2D eigenvalue weighted by Crippen LogP contribution is 2.29. The van der Waals surface area contributed by atoms with Crippen molar-refractivity contribution in [3.05, 3.63) is 48.5 Å². The van der Waals surface area contributed by atoms with Crippen molar-refractivity contribution in [3.8, 4) is 11.5 Å². The Morgan fingerprint density at radius 3 is 2.33 bits per heavy atom. The highest BCUT2D eigenvalue weighted by atomic mass is 16.5. The van der Waals surface area contributed by atoms with Crippen molar-refractivity contribution < 1.29 is 19.1 Å². The van der Waals surface area contributed by atoms with Crippen molar-refractivity contribution in [1.82, 2.24) is 9.80 Å². The van der Waals surface area contributed by atoms with E-state index in [1.807, 2.05) is 30.3 Å². The number of hydrogen-bond donors (Lipinski definition) is 1. The van der Waals surface area contributed by atoms with E-state index in [0.29, 0.717) is 49.9 Å². The van der Waals surface area contributed by atoms with Crippen LogP contribution in [-0.4, -0.2) is 75.7 Å². The molecular weight excluding hydrogens is 384 g/mol. The molecule has 1 aliphatic heterocycles. The molecule has 2 aromatic rings. The van der Waals surface area contributed by atoms with Crippen LogP contribution >= 0.6 is 0 Å². The van der Waals surface area contributed by atoms with E-state index in [0.717, 1.165) is 5.69 Å². The summed E-state index contributed by atoms with van der Waals surface area (Å²) in [7, 11) is 4.91. The molecule has 2 aromatic carbocycles. The third-order valence-electron chi connectivity index (χ3n) is 5.18. The third kappa shape index (κ3) is 5.21. The number of nitrogens with zero attached hydrogens (tertiary/aromatic N) is 3. The first kappa shape index (κ1) is 21.4. The number of carbonyl (C=O) groups is 2. The molecule has 30 heavy (non-hydrogen) atoms. The molecule has 160 valence electrons. The molecule has 0 spiro atoms. The van der Waals surface area contributed by atoms with Gasteiger partial charge in [-0.2, -0.15) is 0 Å². The Hall–Kier alpha value is -3.26. The number of rotatable bonds is 6. The molecule has 8 heteroatoms. The molecule has 3 amide bonds. The number of carbonyl (C=O) groups excluding carboxylic acids is 2. The lowest BCUT2D eigenvalue weighted by Gasteiger charge is -2.35. The average molecular weight is 412 g/mol. The van der Waals surface area contributed by atoms with Crippen LogP contribution in [-0.2, 0) is 4.79 Å². The van der Waals surface area contributed by atoms with Crippen molar-refractivity contribution in [2.24, 2.45) is 0 Å². The zero-order chi connectivity index (χ0) is 21.5. The summed E-state index contributed by atoms with van der Waals surface area (Å²) in [6, 6.07) is 14.6. The topological polar surface area (TPSA) is 74.4 Å². The van der Waals surface area contributed by atoms with E-state index in [4.69, 9.17) is 9.47 Å². The summed E-state index contributed by atoms with van der Waals surface area (Å²) < 4.78 is 10.5. The molecule has 8 nitrogen and oxygen atoms in total. The minimum absolute atomic E-state index is 0.0280. The monoisotopic (exact) mass is 412 g/mol. The normalized spacial score (nSPS) is 14.2. The van der Waals surface area contributed by atoms with Gasteiger partial charge in [-0.1, -0.05) is 18.2 Å². The number of likely N-dealkylation sites (N-methyl/N-ethyl adjacent to an activating group) is 1. The second-order valence-electron chi connectivity index (χ2n) is 7.05. The summed E-state index contributed by atoms with van der Waals surface area (Å²) in [5.41, 5.74) is 1.43. The summed E-state index contributed by atoms with van der Waals surface area (Å²) in [6.45, 7) is 2.68. The summed E-state index contributed by atoms with van der Waals surface area (Å²) in [5.74, 6) is 1.23. The van der Waals surface area contributed by atoms with Crippen LogP contribution in [0.2, 0.25) is 0 Å². The summed E-state index contributed by atoms with van der Waals surface area (Å²) >= 11 is 0. The smallest absolute Gasteiger partial charge is 0.322 e. The number of hydrogen-bond acceptors (Lipinski definition) is 5. The highest BCUT2D eigenvalue weighted by Gasteiger charge is 2.24. The van der Waals surface area contributed by atoms with Crippen LogP contribution in [0, 0.1) is 0 Å². The van der Waals surface area contributed by atoms with E-state index < -0.39 is 0 Å². The fourth-order valence-electron chi connectivity index (χ4n) is 3.31. The number of methoxy groups -OCH3 is 2. The first-order valence-electron chi connectivity index (χ1n) is 9.83. The lowest BCUT2D eigenvalue weighted by Crippen LogP contribution is -2.52. The van der Waals surface area contributed by atoms with E-state index in [1.165, 1.54) is 0 Å². The van der Waals surface area contributed by atoms with Gasteiger partial charge in [0.1, 0.15) is 11.5 Å². The van der Waals surface area contributed by atoms with Crippen LogP contribution in [0.3, 0.4) is 0 Å². The molecule has 1 aliphatic rings. The quantitative estimate of drug-likeness (QED) is 0.789. The number of urea groups is 1. The van der Waals surface area contributed by atoms with Crippen LogP contribution in [0.5, 0.6) is 11.5 Å². The van der Waals surface area contributed by atoms with Crippen molar-refractivity contribution >= 4 is 23.3 Å². The van der Waals surface area contributed by atoms with E-state index in [2.05, 4.69) is 10.2 Å². The van der Waals surface area contributed by atoms with E-state index in [1.54, 1.807) is 49.3 Å². The van der Waals surface area contributed by atoms with Gasteiger partial charge in [-0.05, 0) is 24.3 Å². The molecule has 0 aliphatic carbocycles. The fraction of sp³-hybridized carbons (Fsp3) is 0.364. The maximum atomic E-state index is 12.7. The summed E-state index contributed by atoms with van der Waals surface area (Å²) in [4.78, 5) is 30.7. The second kappa shape index (κ2) is 9.98. The van der Waals surface area contributed by atoms with Gasteiger partial charge in [-0.25, -0.2) is 4.79 Å². The van der Waals surface area contributed by atoms with E-state index >= 15 is 0 Å². The Morgan fingerprint density at radius 1 is 1.00 bits per heavy atom. The maximum Gasteiger partial charge on any atom is 0.322 e. The minimum atomic E-state index is -0.200. The van der Waals surface area contributed by atoms with Crippen molar-refractivity contribution in [1.29, 1.82) is 0 Å². The van der Waals surface area contributed by atoms with Gasteiger partial charge in [0.15, 0.2) is 0 Å². The van der Waals surface area contributed by atoms with Crippen molar-refractivity contribution in [2.75, 3.05) is 64.2 Å². The molecule has 0 saturated carbocycles. The fourth-order valence-corrected chi connectivity index (χ4v) is 3.31. The van der Waals surface area contributed by atoms with Crippen molar-refractivity contribution in [3.63, 3.8) is 0 Å². The van der Waals surface area contributed by atoms with Crippen molar-refractivity contribution in [2.45, 2.75) is 0 Å². The molecular formula is C22H28N4O4. The predicted molar refractivity (Wildman–Crippen MR) is 116 cm³/mol. The average Bonchev–Trinajstić information content (AvgIpc) is 2.79. The van der Waals surface area contributed by atoms with Crippen LogP contribution < -0.4 is 19.7 Å². The van der Waals surface area contributed by atoms with Gasteiger partial charge in [0.05, 0.1) is 26.5 Å². The van der Waals surface area contributed by atoms with Gasteiger partial charge >= 0.3 is 6.03 Å². The second-order valence-corrected chi connectivity index (χ2v) is 7.05. The Bertz CT molecular complexity index is 867. The largest absolute Gasteiger partial charge is 0.497 e. The molecule has 1 heterocycles. The summed E-state index contributed by atoms with van der Waals surface area (Å²) in [6.07, 6.45) is 0. The zero-order valence-corrected chi connectivity index (χ0v) is 17.6. The van der Waals surface area contributed by atoms with Gasteiger partial charge < -0.3 is 24.6 Å². The molecule has 1 N–H and O–H groups in total. The molecule has 1 fully saturated rings. The molecule has 3 rings (SSSR count). The maximum absolute atomic E-state index is 12.7. The van der Waals surface area contributed by atoms with Gasteiger partial charge in [0.25, 0.3) is 0 Å². The Balaban J connectivity index is 1.52. The zero-order valence-electron chi connectivity index (χ0n) is 17.6. The first-order chi connectivity index (χ1) is 14.5.